The lowest BCUT2D eigenvalue weighted by molar-refractivity contribution is 0.356. The maximum atomic E-state index is 9.41. The molecule has 6 nitrogen and oxygen atoms in total. The molecule has 1 atom stereocenters. The molecule has 0 bridgehead atoms. The van der Waals surface area contributed by atoms with Gasteiger partial charge >= 0.3 is 0 Å². The van der Waals surface area contributed by atoms with E-state index in [1.165, 1.54) is 0 Å². The summed E-state index contributed by atoms with van der Waals surface area (Å²) >= 11 is 0. The van der Waals surface area contributed by atoms with Crippen LogP contribution in [0.1, 0.15) is 43.8 Å². The van der Waals surface area contributed by atoms with Crippen LogP contribution in [-0.2, 0) is 5.41 Å². The van der Waals surface area contributed by atoms with Gasteiger partial charge in [-0.3, -0.25) is 0 Å². The lowest BCUT2D eigenvalue weighted by Crippen LogP contribution is -2.13. The Morgan fingerprint density at radius 3 is 2.26 bits per heavy atom. The summed E-state index contributed by atoms with van der Waals surface area (Å²) in [7, 11) is 3.23. The molecule has 4 rings (SSSR count). The Morgan fingerprint density at radius 2 is 1.60 bits per heavy atom. The molecule has 1 N–H and O–H groups in total. The van der Waals surface area contributed by atoms with Crippen molar-refractivity contribution in [3.05, 3.63) is 77.6 Å². The number of methoxy groups -OCH3 is 2. The van der Waals surface area contributed by atoms with Crippen LogP contribution in [0.3, 0.4) is 0 Å². The van der Waals surface area contributed by atoms with E-state index in [-0.39, 0.29) is 6.04 Å². The van der Waals surface area contributed by atoms with E-state index in [0.29, 0.717) is 17.3 Å². The molecule has 0 aliphatic rings. The zero-order valence-electron chi connectivity index (χ0n) is 21.0. The molecule has 0 saturated heterocycles. The van der Waals surface area contributed by atoms with Crippen LogP contribution in [-0.4, -0.2) is 24.2 Å². The van der Waals surface area contributed by atoms with Gasteiger partial charge < -0.3 is 14.8 Å². The summed E-state index contributed by atoms with van der Waals surface area (Å²) in [5.41, 5.74) is 4.65. The van der Waals surface area contributed by atoms with E-state index >= 15 is 0 Å². The number of ether oxygens (including phenoxy) is 2. The van der Waals surface area contributed by atoms with Crippen molar-refractivity contribution in [1.29, 1.82) is 5.26 Å². The molecule has 0 amide bonds. The molecule has 4 aromatic rings. The highest BCUT2D eigenvalue weighted by atomic mass is 16.5. The molecule has 178 valence electrons. The highest BCUT2D eigenvalue weighted by molar-refractivity contribution is 5.92. The molecular weight excluding hydrogens is 436 g/mol. The highest BCUT2D eigenvalue weighted by Crippen LogP contribution is 2.35. The first-order valence-corrected chi connectivity index (χ1v) is 11.5. The number of hydrogen-bond acceptors (Lipinski definition) is 6. The van der Waals surface area contributed by atoms with Crippen LogP contribution in [0.2, 0.25) is 0 Å². The van der Waals surface area contributed by atoms with E-state index in [1.54, 1.807) is 14.2 Å². The van der Waals surface area contributed by atoms with Crippen LogP contribution in [0.4, 0.5) is 5.82 Å². The summed E-state index contributed by atoms with van der Waals surface area (Å²) in [6, 6.07) is 22.8. The number of aryl methyl sites for hydroxylation is 1. The van der Waals surface area contributed by atoms with Gasteiger partial charge in [0.1, 0.15) is 11.6 Å². The van der Waals surface area contributed by atoms with Gasteiger partial charge in [-0.15, -0.1) is 0 Å². The fraction of sp³-hybridized carbons (Fsp3) is 0.276. The number of benzene rings is 3. The molecule has 6 heteroatoms. The standard InChI is InChI=1S/C29H30N4O2/c1-18(31-28-24-15-26(34-5)27(35-6)16-25(24)32-19(2)33-28)21-8-7-9-22(14-21)20-10-12-23(13-11-20)29(3,4)17-30/h7-16,18H,1-6H3,(H,31,32,33)/t18-/m1/s1. The number of rotatable bonds is 7. The molecule has 1 heterocycles. The van der Waals surface area contributed by atoms with Gasteiger partial charge in [-0.25, -0.2) is 9.97 Å². The van der Waals surface area contributed by atoms with Gasteiger partial charge in [0.05, 0.1) is 31.2 Å². The molecule has 0 spiro atoms. The topological polar surface area (TPSA) is 80.1 Å². The Hall–Kier alpha value is -4.11. The molecular formula is C29H30N4O2. The highest BCUT2D eigenvalue weighted by Gasteiger charge is 2.19. The summed E-state index contributed by atoms with van der Waals surface area (Å²) in [6.07, 6.45) is 0. The van der Waals surface area contributed by atoms with E-state index in [9.17, 15) is 5.26 Å². The number of nitrogens with one attached hydrogen (secondary N) is 1. The predicted octanol–water partition coefficient (Wildman–Crippen LogP) is 6.60. The minimum Gasteiger partial charge on any atom is -0.493 e. The van der Waals surface area contributed by atoms with Gasteiger partial charge in [0.25, 0.3) is 0 Å². The second-order valence-corrected chi connectivity index (χ2v) is 9.15. The second kappa shape index (κ2) is 9.63. The van der Waals surface area contributed by atoms with Crippen LogP contribution < -0.4 is 14.8 Å². The SMILES string of the molecule is COc1cc2nc(C)nc(N[C@H](C)c3cccc(-c4ccc(C(C)(C)C#N)cc4)c3)c2cc1OC. The number of nitriles is 1. The van der Waals surface area contributed by atoms with Crippen molar-refractivity contribution >= 4 is 16.7 Å². The third kappa shape index (κ3) is 4.90. The minimum absolute atomic E-state index is 0.00246. The molecule has 0 unspecified atom stereocenters. The maximum Gasteiger partial charge on any atom is 0.162 e. The maximum absolute atomic E-state index is 9.41. The fourth-order valence-electron chi connectivity index (χ4n) is 4.10. The lowest BCUT2D eigenvalue weighted by Gasteiger charge is -2.19. The first-order valence-electron chi connectivity index (χ1n) is 11.5. The van der Waals surface area contributed by atoms with Crippen molar-refractivity contribution in [3.8, 4) is 28.7 Å². The predicted molar refractivity (Wildman–Crippen MR) is 140 cm³/mol. The summed E-state index contributed by atoms with van der Waals surface area (Å²) in [6.45, 7) is 7.85. The van der Waals surface area contributed by atoms with Gasteiger partial charge in [-0.05, 0) is 62.1 Å². The monoisotopic (exact) mass is 466 g/mol. The van der Waals surface area contributed by atoms with Gasteiger partial charge in [0.2, 0.25) is 0 Å². The zero-order valence-corrected chi connectivity index (χ0v) is 21.0. The smallest absolute Gasteiger partial charge is 0.162 e. The van der Waals surface area contributed by atoms with Crippen LogP contribution >= 0.6 is 0 Å². The van der Waals surface area contributed by atoms with E-state index < -0.39 is 5.41 Å². The lowest BCUT2D eigenvalue weighted by atomic mass is 9.85. The van der Waals surface area contributed by atoms with Crippen molar-refractivity contribution in [3.63, 3.8) is 0 Å². The molecule has 35 heavy (non-hydrogen) atoms. The molecule has 0 fully saturated rings. The van der Waals surface area contributed by atoms with Gasteiger partial charge in [-0.1, -0.05) is 42.5 Å². The fourth-order valence-corrected chi connectivity index (χ4v) is 4.10. The van der Waals surface area contributed by atoms with Crippen LogP contribution in [0.5, 0.6) is 11.5 Å². The van der Waals surface area contributed by atoms with Gasteiger partial charge in [-0.2, -0.15) is 5.26 Å². The van der Waals surface area contributed by atoms with Gasteiger partial charge in [0.15, 0.2) is 11.5 Å². The summed E-state index contributed by atoms with van der Waals surface area (Å²) in [5.74, 6) is 2.69. The largest absolute Gasteiger partial charge is 0.493 e. The van der Waals surface area contributed by atoms with E-state index in [0.717, 1.165) is 39.0 Å². The van der Waals surface area contributed by atoms with Gasteiger partial charge in [0, 0.05) is 17.5 Å². The number of anilines is 1. The summed E-state index contributed by atoms with van der Waals surface area (Å²) < 4.78 is 10.9. The summed E-state index contributed by atoms with van der Waals surface area (Å²) in [5, 5.41) is 13.8. The Labute approximate surface area is 206 Å². The second-order valence-electron chi connectivity index (χ2n) is 9.15. The Morgan fingerprint density at radius 1 is 0.914 bits per heavy atom. The molecule has 1 aromatic heterocycles. The Kier molecular flexibility index (Phi) is 6.61. The third-order valence-electron chi connectivity index (χ3n) is 6.27. The van der Waals surface area contributed by atoms with Crippen LogP contribution in [0, 0.1) is 18.3 Å². The van der Waals surface area contributed by atoms with Crippen LogP contribution in [0.15, 0.2) is 60.7 Å². The quantitative estimate of drug-likeness (QED) is 0.331. The zero-order chi connectivity index (χ0) is 25.2. The average molecular weight is 467 g/mol. The molecule has 0 aliphatic heterocycles. The van der Waals surface area contributed by atoms with E-state index in [4.69, 9.17) is 9.47 Å². The van der Waals surface area contributed by atoms with Crippen molar-refractivity contribution < 1.29 is 9.47 Å². The molecule has 0 aliphatic carbocycles. The number of nitrogens with zero attached hydrogens (tertiary/aromatic N) is 3. The van der Waals surface area contributed by atoms with Crippen molar-refractivity contribution in [2.75, 3.05) is 19.5 Å². The Balaban J connectivity index is 1.65. The number of aromatic nitrogens is 2. The van der Waals surface area contributed by atoms with Crippen molar-refractivity contribution in [2.45, 2.75) is 39.2 Å². The molecule has 0 radical (unpaired) electrons. The Bertz CT molecular complexity index is 1410. The number of hydrogen-bond donors (Lipinski definition) is 1. The molecule has 0 saturated carbocycles. The number of fused-ring (bicyclic) bond motifs is 1. The normalized spacial score (nSPS) is 12.1. The third-order valence-corrected chi connectivity index (χ3v) is 6.27. The van der Waals surface area contributed by atoms with E-state index in [1.807, 2.05) is 45.0 Å². The van der Waals surface area contributed by atoms with Crippen molar-refractivity contribution in [2.24, 2.45) is 0 Å². The first-order chi connectivity index (χ1) is 16.7. The molecule has 3 aromatic carbocycles. The van der Waals surface area contributed by atoms with E-state index in [2.05, 4.69) is 64.7 Å². The average Bonchev–Trinajstić information content (AvgIpc) is 2.88. The summed E-state index contributed by atoms with van der Waals surface area (Å²) in [4.78, 5) is 9.25. The minimum atomic E-state index is -0.510. The van der Waals surface area contributed by atoms with Crippen molar-refractivity contribution in [1.82, 2.24) is 9.97 Å². The first kappa shape index (κ1) is 24.0. The van der Waals surface area contributed by atoms with Crippen LogP contribution in [0.25, 0.3) is 22.0 Å².